The standard InChI is InChI=1S/C11H22N2O2.C2H4O2/c1-7-9(11(4,15)13(5)6)12-10(14)8(2)3;1-2(3)4/h9,15H,2,7H2,1,3-6H3,(H,12,14);1H3,(H,3,4). The van der Waals surface area contributed by atoms with Gasteiger partial charge < -0.3 is 25.2 Å². The van der Waals surface area contributed by atoms with E-state index >= 15 is 0 Å². The predicted octanol–water partition coefficient (Wildman–Crippen LogP) is -1.93. The molecule has 2 atom stereocenters. The Balaban J connectivity index is 0. The second-order valence-corrected chi connectivity index (χ2v) is 4.85. The Kier molecular flexibility index (Phi) is 9.08. The van der Waals surface area contributed by atoms with Crippen molar-refractivity contribution in [1.82, 2.24) is 5.32 Å². The lowest BCUT2D eigenvalue weighted by molar-refractivity contribution is -0.942. The molecule has 112 valence electrons. The van der Waals surface area contributed by atoms with Gasteiger partial charge in [0.05, 0.1) is 14.1 Å². The van der Waals surface area contributed by atoms with Crippen molar-refractivity contribution in [3.05, 3.63) is 12.2 Å². The number of carboxylic acid groups (broad SMARTS) is 1. The summed E-state index contributed by atoms with van der Waals surface area (Å²) in [6, 6.07) is -0.272. The van der Waals surface area contributed by atoms with Crippen molar-refractivity contribution in [1.29, 1.82) is 0 Å². The molecule has 0 aromatic heterocycles. The maximum absolute atomic E-state index is 11.5. The molecule has 6 heteroatoms. The van der Waals surface area contributed by atoms with Gasteiger partial charge >= 0.3 is 0 Å². The minimum absolute atomic E-state index is 0.205. The van der Waals surface area contributed by atoms with Gasteiger partial charge in [-0.1, -0.05) is 13.5 Å². The Labute approximate surface area is 115 Å². The van der Waals surface area contributed by atoms with E-state index in [4.69, 9.17) is 9.90 Å². The highest BCUT2D eigenvalue weighted by Crippen LogP contribution is 2.06. The Morgan fingerprint density at radius 3 is 2.00 bits per heavy atom. The summed E-state index contributed by atoms with van der Waals surface area (Å²) in [7, 11) is 3.71. The molecule has 0 fully saturated rings. The van der Waals surface area contributed by atoms with Gasteiger partial charge in [0.1, 0.15) is 6.04 Å². The van der Waals surface area contributed by atoms with Crippen LogP contribution in [0, 0.1) is 0 Å². The van der Waals surface area contributed by atoms with Crippen LogP contribution in [0.5, 0.6) is 0 Å². The first-order valence-electron chi connectivity index (χ1n) is 6.13. The number of aliphatic hydroxyl groups is 1. The van der Waals surface area contributed by atoms with E-state index in [1.54, 1.807) is 13.8 Å². The van der Waals surface area contributed by atoms with E-state index < -0.39 is 11.7 Å². The van der Waals surface area contributed by atoms with E-state index in [1.165, 1.54) is 0 Å². The molecule has 0 aliphatic carbocycles. The molecule has 0 aliphatic rings. The Hall–Kier alpha value is -1.40. The van der Waals surface area contributed by atoms with Crippen molar-refractivity contribution in [2.75, 3.05) is 14.1 Å². The van der Waals surface area contributed by atoms with Crippen LogP contribution >= 0.6 is 0 Å². The molecule has 0 aromatic carbocycles. The average molecular weight is 274 g/mol. The van der Waals surface area contributed by atoms with Crippen molar-refractivity contribution >= 4 is 11.9 Å². The number of carboxylic acids is 1. The number of amides is 1. The minimum atomic E-state index is -1.08. The van der Waals surface area contributed by atoms with Gasteiger partial charge in [0.15, 0.2) is 0 Å². The van der Waals surface area contributed by atoms with Crippen LogP contribution in [0.15, 0.2) is 12.2 Å². The maximum Gasteiger partial charge on any atom is 0.246 e. The van der Waals surface area contributed by atoms with Gasteiger partial charge in [-0.05, 0) is 20.3 Å². The van der Waals surface area contributed by atoms with Crippen molar-refractivity contribution in [3.8, 4) is 0 Å². The normalized spacial score (nSPS) is 14.7. The SMILES string of the molecule is C=C(C)C(=O)NC(CC)C(C)(O)[NH+](C)C.CC(=O)[O-]. The molecule has 0 saturated carbocycles. The fourth-order valence-corrected chi connectivity index (χ4v) is 1.27. The second-order valence-electron chi connectivity index (χ2n) is 4.85. The molecular formula is C13H26N2O4. The van der Waals surface area contributed by atoms with Crippen LogP contribution in [0.25, 0.3) is 0 Å². The molecule has 0 saturated heterocycles. The molecule has 3 N–H and O–H groups in total. The zero-order chi connectivity index (χ0) is 15.8. The summed E-state index contributed by atoms with van der Waals surface area (Å²) in [4.78, 5) is 21.2. The van der Waals surface area contributed by atoms with Gasteiger partial charge in [-0.2, -0.15) is 0 Å². The lowest BCUT2D eigenvalue weighted by Crippen LogP contribution is -3.17. The van der Waals surface area contributed by atoms with E-state index in [-0.39, 0.29) is 11.9 Å². The average Bonchev–Trinajstić information content (AvgIpc) is 2.23. The fraction of sp³-hybridized carbons (Fsp3) is 0.692. The Bertz CT molecular complexity index is 321. The van der Waals surface area contributed by atoms with Crippen LogP contribution in [-0.2, 0) is 9.59 Å². The fourth-order valence-electron chi connectivity index (χ4n) is 1.27. The summed E-state index contributed by atoms with van der Waals surface area (Å²) in [6.45, 7) is 9.84. The van der Waals surface area contributed by atoms with Gasteiger partial charge in [0, 0.05) is 18.5 Å². The van der Waals surface area contributed by atoms with Crippen LogP contribution in [0.4, 0.5) is 0 Å². The van der Waals surface area contributed by atoms with Gasteiger partial charge in [0.2, 0.25) is 11.6 Å². The van der Waals surface area contributed by atoms with E-state index in [2.05, 4.69) is 11.9 Å². The highest BCUT2D eigenvalue weighted by atomic mass is 16.4. The maximum atomic E-state index is 11.5. The molecular weight excluding hydrogens is 248 g/mol. The molecule has 19 heavy (non-hydrogen) atoms. The van der Waals surface area contributed by atoms with Gasteiger partial charge in [-0.3, -0.25) is 4.79 Å². The molecule has 0 rings (SSSR count). The molecule has 0 radical (unpaired) electrons. The summed E-state index contributed by atoms with van der Waals surface area (Å²) < 4.78 is 0. The summed E-state index contributed by atoms with van der Waals surface area (Å²) in [5.41, 5.74) is -0.516. The third kappa shape index (κ3) is 8.34. The lowest BCUT2D eigenvalue weighted by atomic mass is 10.0. The minimum Gasteiger partial charge on any atom is -0.550 e. The van der Waals surface area contributed by atoms with E-state index in [9.17, 15) is 9.90 Å². The number of quaternary nitrogens is 1. The predicted molar refractivity (Wildman–Crippen MR) is 71.2 cm³/mol. The van der Waals surface area contributed by atoms with Crippen LogP contribution in [0.1, 0.15) is 34.1 Å². The first-order chi connectivity index (χ1) is 8.46. The topological polar surface area (TPSA) is 93.9 Å². The molecule has 0 aliphatic heterocycles. The molecule has 0 heterocycles. The van der Waals surface area contributed by atoms with Crippen LogP contribution in [0.3, 0.4) is 0 Å². The molecule has 1 amide bonds. The second kappa shape index (κ2) is 8.66. The van der Waals surface area contributed by atoms with E-state index in [1.807, 2.05) is 21.0 Å². The van der Waals surface area contributed by atoms with Crippen molar-refractivity contribution < 1.29 is 24.7 Å². The third-order valence-electron chi connectivity index (χ3n) is 2.79. The quantitative estimate of drug-likeness (QED) is 0.402. The highest BCUT2D eigenvalue weighted by molar-refractivity contribution is 5.92. The zero-order valence-corrected chi connectivity index (χ0v) is 12.7. The Morgan fingerprint density at radius 2 is 1.79 bits per heavy atom. The number of likely N-dealkylation sites (N-methyl/N-ethyl adjacent to an activating group) is 1. The first-order valence-corrected chi connectivity index (χ1v) is 6.13. The van der Waals surface area contributed by atoms with Gasteiger partial charge in [-0.15, -0.1) is 0 Å². The summed E-state index contributed by atoms with van der Waals surface area (Å²) in [5, 5.41) is 21.9. The number of hydrogen-bond acceptors (Lipinski definition) is 4. The van der Waals surface area contributed by atoms with Crippen molar-refractivity contribution in [2.24, 2.45) is 0 Å². The number of nitrogens with one attached hydrogen (secondary N) is 2. The molecule has 0 aromatic rings. The zero-order valence-electron chi connectivity index (χ0n) is 12.7. The van der Waals surface area contributed by atoms with Gasteiger partial charge in [-0.25, -0.2) is 0 Å². The number of carbonyl (C=O) groups excluding carboxylic acids is 2. The van der Waals surface area contributed by atoms with Gasteiger partial charge in [0.25, 0.3) is 0 Å². The number of rotatable bonds is 5. The molecule has 0 bridgehead atoms. The molecule has 6 nitrogen and oxygen atoms in total. The highest BCUT2D eigenvalue weighted by Gasteiger charge is 2.37. The van der Waals surface area contributed by atoms with E-state index in [0.29, 0.717) is 12.0 Å². The Morgan fingerprint density at radius 1 is 1.42 bits per heavy atom. The number of hydrogen-bond donors (Lipinski definition) is 3. The smallest absolute Gasteiger partial charge is 0.246 e. The largest absolute Gasteiger partial charge is 0.550 e. The first kappa shape index (κ1) is 19.9. The monoisotopic (exact) mass is 274 g/mol. The van der Waals surface area contributed by atoms with Crippen molar-refractivity contribution in [3.63, 3.8) is 0 Å². The molecule has 2 unspecified atom stereocenters. The summed E-state index contributed by atoms with van der Waals surface area (Å²) in [6.07, 6.45) is 0.678. The molecule has 0 spiro atoms. The number of aliphatic carboxylic acids is 1. The number of carbonyl (C=O) groups is 2. The van der Waals surface area contributed by atoms with E-state index in [0.717, 1.165) is 11.8 Å². The van der Waals surface area contributed by atoms with Crippen molar-refractivity contribution in [2.45, 2.75) is 45.9 Å². The third-order valence-corrected chi connectivity index (χ3v) is 2.79. The summed E-state index contributed by atoms with van der Waals surface area (Å²) in [5.74, 6) is -1.29. The van der Waals surface area contributed by atoms with Crippen LogP contribution in [-0.4, -0.2) is 42.8 Å². The lowest BCUT2D eigenvalue weighted by Gasteiger charge is -2.35. The van der Waals surface area contributed by atoms with Crippen LogP contribution < -0.4 is 15.3 Å². The summed E-state index contributed by atoms with van der Waals surface area (Å²) >= 11 is 0. The van der Waals surface area contributed by atoms with Crippen LogP contribution in [0.2, 0.25) is 0 Å².